The van der Waals surface area contributed by atoms with E-state index < -0.39 is 5.82 Å². The fourth-order valence-electron chi connectivity index (χ4n) is 2.36. The summed E-state index contributed by atoms with van der Waals surface area (Å²) in [6, 6.07) is 9.39. The number of rotatable bonds is 3. The Labute approximate surface area is 120 Å². The number of aromatic nitrogens is 1. The molecule has 1 aromatic heterocycles. The van der Waals surface area contributed by atoms with Crippen LogP contribution < -0.4 is 10.5 Å². The molecule has 0 spiro atoms. The van der Waals surface area contributed by atoms with Gasteiger partial charge in [-0.2, -0.15) is 0 Å². The van der Waals surface area contributed by atoms with Gasteiger partial charge in [-0.3, -0.25) is 4.79 Å². The molecule has 5 heteroatoms. The highest BCUT2D eigenvalue weighted by Crippen LogP contribution is 2.28. The minimum absolute atomic E-state index is 0.270. The van der Waals surface area contributed by atoms with E-state index in [9.17, 15) is 9.18 Å². The van der Waals surface area contributed by atoms with E-state index in [0.717, 1.165) is 0 Å². The maximum absolute atomic E-state index is 14.0. The van der Waals surface area contributed by atoms with Crippen molar-refractivity contribution >= 4 is 22.4 Å². The van der Waals surface area contributed by atoms with E-state index in [1.54, 1.807) is 30.3 Å². The van der Waals surface area contributed by atoms with Gasteiger partial charge in [0.25, 0.3) is 0 Å². The standard InChI is InChI=1S/C16H13FN2O2/c1-21-14-7-9(18)5-6-10(14)16(20)11-8-19-13-4-2-3-12(17)15(11)13/h2-8,19H,18H2,1H3. The summed E-state index contributed by atoms with van der Waals surface area (Å²) in [6.45, 7) is 0. The number of hydrogen-bond acceptors (Lipinski definition) is 3. The topological polar surface area (TPSA) is 68.1 Å². The van der Waals surface area contributed by atoms with Crippen LogP contribution >= 0.6 is 0 Å². The lowest BCUT2D eigenvalue weighted by Gasteiger charge is -2.08. The van der Waals surface area contributed by atoms with E-state index in [0.29, 0.717) is 22.5 Å². The first-order valence-corrected chi connectivity index (χ1v) is 6.35. The van der Waals surface area contributed by atoms with Crippen LogP contribution in [0.4, 0.5) is 10.1 Å². The van der Waals surface area contributed by atoms with Crippen LogP contribution in [-0.4, -0.2) is 17.9 Å². The van der Waals surface area contributed by atoms with Crippen LogP contribution in [0, 0.1) is 5.82 Å². The largest absolute Gasteiger partial charge is 0.496 e. The van der Waals surface area contributed by atoms with Crippen LogP contribution in [0.25, 0.3) is 10.9 Å². The first kappa shape index (κ1) is 13.2. The van der Waals surface area contributed by atoms with Crippen molar-refractivity contribution in [2.75, 3.05) is 12.8 Å². The fourth-order valence-corrected chi connectivity index (χ4v) is 2.36. The van der Waals surface area contributed by atoms with E-state index in [1.165, 1.54) is 19.4 Å². The highest BCUT2D eigenvalue weighted by atomic mass is 19.1. The Balaban J connectivity index is 2.17. The van der Waals surface area contributed by atoms with Gasteiger partial charge in [-0.05, 0) is 24.3 Å². The predicted octanol–water partition coefficient (Wildman–Crippen LogP) is 3.13. The number of ketones is 1. The lowest BCUT2D eigenvalue weighted by atomic mass is 10.0. The van der Waals surface area contributed by atoms with Crippen molar-refractivity contribution in [3.8, 4) is 5.75 Å². The second kappa shape index (κ2) is 4.94. The molecular weight excluding hydrogens is 271 g/mol. The number of anilines is 1. The molecule has 21 heavy (non-hydrogen) atoms. The molecule has 106 valence electrons. The Morgan fingerprint density at radius 3 is 2.81 bits per heavy atom. The average molecular weight is 284 g/mol. The molecule has 3 rings (SSSR count). The van der Waals surface area contributed by atoms with Crippen LogP contribution in [0.1, 0.15) is 15.9 Å². The molecule has 0 radical (unpaired) electrons. The van der Waals surface area contributed by atoms with Crippen molar-refractivity contribution in [1.29, 1.82) is 0 Å². The molecule has 4 nitrogen and oxygen atoms in total. The second-order valence-corrected chi connectivity index (χ2v) is 4.65. The lowest BCUT2D eigenvalue weighted by Crippen LogP contribution is -2.04. The minimum atomic E-state index is -0.438. The Hall–Kier alpha value is -2.82. The quantitative estimate of drug-likeness (QED) is 0.573. The molecule has 0 aliphatic carbocycles. The number of nitrogens with two attached hydrogens (primary N) is 1. The molecule has 3 N–H and O–H groups in total. The van der Waals surface area contributed by atoms with Crippen LogP contribution in [0.15, 0.2) is 42.6 Å². The highest BCUT2D eigenvalue weighted by Gasteiger charge is 2.20. The number of benzene rings is 2. The van der Waals surface area contributed by atoms with Gasteiger partial charge >= 0.3 is 0 Å². The summed E-state index contributed by atoms with van der Waals surface area (Å²) in [5.41, 5.74) is 7.36. The Morgan fingerprint density at radius 1 is 1.24 bits per heavy atom. The fraction of sp³-hybridized carbons (Fsp3) is 0.0625. The third kappa shape index (κ3) is 2.12. The molecule has 0 amide bonds. The number of aromatic amines is 1. The van der Waals surface area contributed by atoms with Crippen molar-refractivity contribution in [1.82, 2.24) is 4.98 Å². The molecule has 0 unspecified atom stereocenters. The summed E-state index contributed by atoms with van der Waals surface area (Å²) in [5.74, 6) is -0.389. The third-order valence-corrected chi connectivity index (χ3v) is 3.37. The molecule has 3 aromatic rings. The molecule has 0 bridgehead atoms. The number of hydrogen-bond donors (Lipinski definition) is 2. The Kier molecular flexibility index (Phi) is 3.10. The van der Waals surface area contributed by atoms with Crippen LogP contribution in [0.3, 0.4) is 0 Å². The van der Waals surface area contributed by atoms with Crippen molar-refractivity contribution in [3.05, 3.63) is 59.5 Å². The number of halogens is 1. The molecule has 0 atom stereocenters. The molecule has 1 heterocycles. The van der Waals surface area contributed by atoms with Crippen molar-refractivity contribution in [3.63, 3.8) is 0 Å². The van der Waals surface area contributed by atoms with E-state index in [1.807, 2.05) is 0 Å². The maximum Gasteiger partial charge on any atom is 0.199 e. The molecule has 0 saturated heterocycles. The smallest absolute Gasteiger partial charge is 0.199 e. The molecule has 0 saturated carbocycles. The van der Waals surface area contributed by atoms with Crippen molar-refractivity contribution < 1.29 is 13.9 Å². The van der Waals surface area contributed by atoms with Gasteiger partial charge in [0.15, 0.2) is 5.78 Å². The number of carbonyl (C=O) groups excluding carboxylic acids is 1. The first-order valence-electron chi connectivity index (χ1n) is 6.35. The first-order chi connectivity index (χ1) is 10.1. The number of carbonyl (C=O) groups is 1. The Morgan fingerprint density at radius 2 is 2.05 bits per heavy atom. The molecule has 0 fully saturated rings. The molecular formula is C16H13FN2O2. The summed E-state index contributed by atoms with van der Waals surface area (Å²) in [7, 11) is 1.46. The predicted molar refractivity (Wildman–Crippen MR) is 79.1 cm³/mol. The number of nitrogens with one attached hydrogen (secondary N) is 1. The summed E-state index contributed by atoms with van der Waals surface area (Å²) in [5, 5.41) is 0.279. The summed E-state index contributed by atoms with van der Waals surface area (Å²) in [6.07, 6.45) is 1.51. The van der Waals surface area contributed by atoms with E-state index in [-0.39, 0.29) is 16.7 Å². The van der Waals surface area contributed by atoms with E-state index in [4.69, 9.17) is 10.5 Å². The zero-order chi connectivity index (χ0) is 15.0. The van der Waals surface area contributed by atoms with Crippen molar-refractivity contribution in [2.24, 2.45) is 0 Å². The van der Waals surface area contributed by atoms with Gasteiger partial charge in [0, 0.05) is 28.9 Å². The van der Waals surface area contributed by atoms with Gasteiger partial charge < -0.3 is 15.5 Å². The summed E-state index contributed by atoms with van der Waals surface area (Å²) >= 11 is 0. The monoisotopic (exact) mass is 284 g/mol. The van der Waals surface area contributed by atoms with E-state index in [2.05, 4.69) is 4.98 Å². The normalized spacial score (nSPS) is 10.8. The van der Waals surface area contributed by atoms with Gasteiger partial charge in [0.2, 0.25) is 0 Å². The van der Waals surface area contributed by atoms with Crippen molar-refractivity contribution in [2.45, 2.75) is 0 Å². The van der Waals surface area contributed by atoms with Gasteiger partial charge in [-0.25, -0.2) is 4.39 Å². The second-order valence-electron chi connectivity index (χ2n) is 4.65. The number of methoxy groups -OCH3 is 1. The van der Waals surface area contributed by atoms with Crippen LogP contribution in [0.5, 0.6) is 5.75 Å². The van der Waals surface area contributed by atoms with Gasteiger partial charge in [0.05, 0.1) is 18.2 Å². The summed E-state index contributed by atoms with van der Waals surface area (Å²) < 4.78 is 19.2. The number of nitrogen functional groups attached to an aromatic ring is 1. The zero-order valence-electron chi connectivity index (χ0n) is 11.3. The van der Waals surface area contributed by atoms with E-state index >= 15 is 0 Å². The highest BCUT2D eigenvalue weighted by molar-refractivity contribution is 6.17. The number of H-pyrrole nitrogens is 1. The maximum atomic E-state index is 14.0. The van der Waals surface area contributed by atoms with Gasteiger partial charge in [-0.15, -0.1) is 0 Å². The van der Waals surface area contributed by atoms with Gasteiger partial charge in [0.1, 0.15) is 11.6 Å². The van der Waals surface area contributed by atoms with Gasteiger partial charge in [-0.1, -0.05) is 6.07 Å². The van der Waals surface area contributed by atoms with Crippen LogP contribution in [-0.2, 0) is 0 Å². The zero-order valence-corrected chi connectivity index (χ0v) is 11.3. The summed E-state index contributed by atoms with van der Waals surface area (Å²) in [4.78, 5) is 15.6. The Bertz CT molecular complexity index is 839. The lowest BCUT2D eigenvalue weighted by molar-refractivity contribution is 0.103. The third-order valence-electron chi connectivity index (χ3n) is 3.37. The average Bonchev–Trinajstić information content (AvgIpc) is 2.92. The number of fused-ring (bicyclic) bond motifs is 1. The molecule has 0 aliphatic rings. The SMILES string of the molecule is COc1cc(N)ccc1C(=O)c1c[nH]c2cccc(F)c12. The molecule has 2 aromatic carbocycles. The molecule has 0 aliphatic heterocycles. The minimum Gasteiger partial charge on any atom is -0.496 e. The number of ether oxygens (including phenoxy) is 1. The van der Waals surface area contributed by atoms with Crippen LogP contribution in [0.2, 0.25) is 0 Å².